The first-order chi connectivity index (χ1) is 12.8. The van der Waals surface area contributed by atoms with Crippen molar-refractivity contribution in [3.63, 3.8) is 0 Å². The Bertz CT molecular complexity index is 1280. The predicted octanol–water partition coefficient (Wildman–Crippen LogP) is 2.48. The minimum atomic E-state index is -4.62. The summed E-state index contributed by atoms with van der Waals surface area (Å²) in [5, 5.41) is 0.403. The van der Waals surface area contributed by atoms with E-state index < -0.39 is 24.1 Å². The van der Waals surface area contributed by atoms with Crippen LogP contribution in [0.2, 0.25) is 0 Å². The van der Waals surface area contributed by atoms with E-state index in [1.54, 1.807) is 48.5 Å². The van der Waals surface area contributed by atoms with Crippen LogP contribution in [-0.2, 0) is 19.7 Å². The number of nitrogens with one attached hydrogen (secondary N) is 2. The Morgan fingerprint density at radius 1 is 0.741 bits per heavy atom. The van der Waals surface area contributed by atoms with Crippen molar-refractivity contribution in [2.75, 3.05) is 0 Å². The topological polar surface area (TPSA) is 136 Å². The van der Waals surface area contributed by atoms with E-state index in [0.717, 1.165) is 0 Å². The summed E-state index contributed by atoms with van der Waals surface area (Å²) in [6.07, 6.45) is 0. The molecule has 2 heterocycles. The van der Waals surface area contributed by atoms with Gasteiger partial charge in [0.25, 0.3) is 0 Å². The summed E-state index contributed by atoms with van der Waals surface area (Å²) in [5.74, 6) is 0. The highest BCUT2D eigenvalue weighted by molar-refractivity contribution is 8.31. The average molecular weight is 400 g/mol. The van der Waals surface area contributed by atoms with Crippen molar-refractivity contribution in [3.8, 4) is 0 Å². The quantitative estimate of drug-likeness (QED) is 0.231. The number of aromatic nitrogens is 2. The predicted molar refractivity (Wildman–Crippen MR) is 99.6 cm³/mol. The summed E-state index contributed by atoms with van der Waals surface area (Å²) < 4.78 is 50.1. The third kappa shape index (κ3) is 2.67. The van der Waals surface area contributed by atoms with Gasteiger partial charge in [0.2, 0.25) is 0 Å². The summed E-state index contributed by atoms with van der Waals surface area (Å²) in [6, 6.07) is 16.1. The van der Waals surface area contributed by atoms with Crippen LogP contribution < -0.4 is 0 Å². The average Bonchev–Trinajstić information content (AvgIpc) is 3.26. The molecule has 0 amide bonds. The van der Waals surface area contributed by atoms with Crippen LogP contribution in [0, 0.1) is 0 Å². The van der Waals surface area contributed by atoms with Crippen molar-refractivity contribution in [2.24, 2.45) is 0 Å². The van der Waals surface area contributed by atoms with Crippen LogP contribution in [-0.4, -0.2) is 36.0 Å². The number of benzene rings is 2. The van der Waals surface area contributed by atoms with Gasteiger partial charge in [-0.05, 0) is 24.3 Å². The fourth-order valence-electron chi connectivity index (χ4n) is 2.82. The maximum atomic E-state index is 12.9. The Hall–Kier alpha value is -3.20. The maximum Gasteiger partial charge on any atom is 0.507 e. The molecule has 2 aromatic carbocycles. The van der Waals surface area contributed by atoms with E-state index in [1.807, 2.05) is 0 Å². The largest absolute Gasteiger partial charge is 0.507 e. The van der Waals surface area contributed by atoms with Crippen molar-refractivity contribution >= 4 is 45.9 Å². The number of rotatable bonds is 2. The van der Waals surface area contributed by atoms with Gasteiger partial charge in [-0.15, -0.1) is 4.79 Å². The molecule has 10 heteroatoms. The molecule has 4 rings (SSSR count). The fourth-order valence-corrected chi connectivity index (χ4v) is 6.16. The van der Waals surface area contributed by atoms with E-state index in [9.17, 15) is 22.4 Å². The van der Waals surface area contributed by atoms with Crippen LogP contribution in [0.15, 0.2) is 70.7 Å². The van der Waals surface area contributed by atoms with Crippen molar-refractivity contribution in [1.29, 1.82) is 0 Å². The molecule has 0 aliphatic heterocycles. The van der Waals surface area contributed by atoms with Gasteiger partial charge in [-0.2, -0.15) is 0 Å². The monoisotopic (exact) mass is 400 g/mol. The number of aromatic amines is 2. The highest BCUT2D eigenvalue weighted by Gasteiger charge is 2.45. The summed E-state index contributed by atoms with van der Waals surface area (Å²) in [7, 11) is -9.24. The van der Waals surface area contributed by atoms with Gasteiger partial charge in [0.05, 0.1) is 0 Å². The molecule has 0 bridgehead atoms. The molecule has 0 radical (unpaired) electrons. The zero-order valence-electron chi connectivity index (χ0n) is 13.6. The van der Waals surface area contributed by atoms with Gasteiger partial charge in [-0.25, -0.2) is 16.8 Å². The number of hydrogen-bond donors (Lipinski definition) is 2. The lowest BCUT2D eigenvalue weighted by Crippen LogP contribution is -2.26. The summed E-state index contributed by atoms with van der Waals surface area (Å²) in [6.45, 7) is 0. The smallest absolute Gasteiger partial charge is 0.359 e. The second-order valence-electron chi connectivity index (χ2n) is 5.81. The number of hydrogen-bond acceptors (Lipinski definition) is 4. The van der Waals surface area contributed by atoms with Gasteiger partial charge >= 0.3 is 24.1 Å². The van der Waals surface area contributed by atoms with Crippen molar-refractivity contribution < 1.29 is 21.6 Å². The Morgan fingerprint density at radius 2 is 1.15 bits per heavy atom. The summed E-state index contributed by atoms with van der Waals surface area (Å²) in [5.41, 5.74) is 10.3. The molecule has 0 saturated carbocycles. The molecule has 0 atom stereocenters. The number of para-hydroxylation sites is 2. The molecular weight excluding hydrogens is 388 g/mol. The maximum absolute atomic E-state index is 12.9. The highest BCUT2D eigenvalue weighted by atomic mass is 32.3. The van der Waals surface area contributed by atoms with Gasteiger partial charge in [-0.1, -0.05) is 36.4 Å². The first-order valence-electron chi connectivity index (χ1n) is 7.72. The Balaban J connectivity index is 1.88. The Labute approximate surface area is 153 Å². The third-order valence-corrected chi connectivity index (χ3v) is 8.13. The van der Waals surface area contributed by atoms with Gasteiger partial charge in [-0.3, -0.25) is 0 Å². The zero-order valence-corrected chi connectivity index (χ0v) is 15.3. The van der Waals surface area contributed by atoms with E-state index in [0.29, 0.717) is 21.8 Å². The van der Waals surface area contributed by atoms with Crippen LogP contribution in [0.4, 0.5) is 0 Å². The number of nitrogens with zero attached hydrogens (tertiary/aromatic N) is 2. The second kappa shape index (κ2) is 5.92. The fraction of sp³-hybridized carbons (Fsp3) is 0. The van der Waals surface area contributed by atoms with Gasteiger partial charge < -0.3 is 15.5 Å². The minimum Gasteiger partial charge on any atom is -0.359 e. The lowest BCUT2D eigenvalue weighted by molar-refractivity contribution is 0.00377. The van der Waals surface area contributed by atoms with Crippen LogP contribution >= 0.6 is 0 Å². The molecule has 0 spiro atoms. The third-order valence-electron chi connectivity index (χ3n) is 4.13. The molecule has 0 fully saturated rings. The SMILES string of the molecule is [N-]=[N+]=C(S(=O)(=O)c1cc2ccccc2[nH]1)S(=O)(=O)c1cc2ccccc2[nH]1. The van der Waals surface area contributed by atoms with E-state index in [-0.39, 0.29) is 10.1 Å². The van der Waals surface area contributed by atoms with Crippen LogP contribution in [0.3, 0.4) is 0 Å². The van der Waals surface area contributed by atoms with Crippen molar-refractivity contribution in [3.05, 3.63) is 66.2 Å². The van der Waals surface area contributed by atoms with Crippen molar-refractivity contribution in [1.82, 2.24) is 9.97 Å². The van der Waals surface area contributed by atoms with E-state index in [1.165, 1.54) is 12.1 Å². The molecule has 8 nitrogen and oxygen atoms in total. The first kappa shape index (κ1) is 17.2. The lowest BCUT2D eigenvalue weighted by atomic mass is 10.3. The lowest BCUT2D eigenvalue weighted by Gasteiger charge is -1.98. The molecule has 136 valence electrons. The van der Waals surface area contributed by atoms with Crippen LogP contribution in [0.5, 0.6) is 0 Å². The van der Waals surface area contributed by atoms with Gasteiger partial charge in [0.15, 0.2) is 0 Å². The number of fused-ring (bicyclic) bond motifs is 2. The molecular formula is C17H12N4O4S2. The molecule has 0 saturated heterocycles. The molecule has 4 aromatic rings. The van der Waals surface area contributed by atoms with Crippen molar-refractivity contribution in [2.45, 2.75) is 10.1 Å². The van der Waals surface area contributed by atoms with Gasteiger partial charge in [0, 0.05) is 21.8 Å². The minimum absolute atomic E-state index is 0.379. The molecule has 0 unspecified atom stereocenters. The van der Waals surface area contributed by atoms with E-state index in [4.69, 9.17) is 0 Å². The second-order valence-corrected chi connectivity index (χ2v) is 9.74. The standard InChI is InChI=1S/C17H12N4O4S2/c18-21-17(26(22,23)15-9-11-5-1-3-7-13(11)19-15)27(24,25)16-10-12-6-2-4-8-14(12)20-16/h1-10,19-20H. The molecule has 0 aliphatic rings. The molecule has 27 heavy (non-hydrogen) atoms. The van der Waals surface area contributed by atoms with Gasteiger partial charge in [0.1, 0.15) is 10.1 Å². The van der Waals surface area contributed by atoms with Crippen LogP contribution in [0.1, 0.15) is 0 Å². The molecule has 2 N–H and O–H groups in total. The zero-order chi connectivity index (χ0) is 19.2. The molecule has 2 aromatic heterocycles. The number of sulfone groups is 2. The van der Waals surface area contributed by atoms with E-state index >= 15 is 0 Å². The Morgan fingerprint density at radius 3 is 1.52 bits per heavy atom. The highest BCUT2D eigenvalue weighted by Crippen LogP contribution is 2.25. The normalized spacial score (nSPS) is 12.3. The van der Waals surface area contributed by atoms with Crippen LogP contribution in [0.25, 0.3) is 27.3 Å². The molecule has 0 aliphatic carbocycles. The summed E-state index contributed by atoms with van der Waals surface area (Å²) in [4.78, 5) is 7.92. The first-order valence-corrected chi connectivity index (χ1v) is 10.7. The summed E-state index contributed by atoms with van der Waals surface area (Å²) >= 11 is 0. The Kier molecular flexibility index (Phi) is 3.77. The number of H-pyrrole nitrogens is 2. The van der Waals surface area contributed by atoms with E-state index in [2.05, 4.69) is 14.8 Å².